The van der Waals surface area contributed by atoms with Crippen LogP contribution in [0.1, 0.15) is 24.5 Å². The fourth-order valence-corrected chi connectivity index (χ4v) is 2.53. The van der Waals surface area contributed by atoms with Gasteiger partial charge in [-0.2, -0.15) is 0 Å². The Labute approximate surface area is 108 Å². The molecule has 1 aromatic rings. The van der Waals surface area contributed by atoms with E-state index in [1.54, 1.807) is 7.11 Å². The van der Waals surface area contributed by atoms with Crippen LogP contribution in [0, 0.1) is 5.41 Å². The molecule has 0 aromatic heterocycles. The zero-order valence-corrected chi connectivity index (χ0v) is 10.8. The SMILES string of the molecule is COc1cccc(C(O)C2(CN)CCOCC2)c1. The van der Waals surface area contributed by atoms with Crippen LogP contribution in [0.25, 0.3) is 0 Å². The third kappa shape index (κ3) is 2.51. The summed E-state index contributed by atoms with van der Waals surface area (Å²) in [5.41, 5.74) is 6.49. The van der Waals surface area contributed by atoms with Crippen LogP contribution in [-0.4, -0.2) is 32.0 Å². The Kier molecular flexibility index (Phi) is 4.22. The van der Waals surface area contributed by atoms with Crippen LogP contribution in [0.15, 0.2) is 24.3 Å². The predicted molar refractivity (Wildman–Crippen MR) is 69.5 cm³/mol. The van der Waals surface area contributed by atoms with Crippen molar-refractivity contribution in [2.75, 3.05) is 26.9 Å². The van der Waals surface area contributed by atoms with E-state index in [1.807, 2.05) is 24.3 Å². The largest absolute Gasteiger partial charge is 0.497 e. The molecule has 3 N–H and O–H groups in total. The molecular formula is C14H21NO3. The molecule has 0 radical (unpaired) electrons. The summed E-state index contributed by atoms with van der Waals surface area (Å²) >= 11 is 0. The van der Waals surface area contributed by atoms with E-state index in [-0.39, 0.29) is 5.41 Å². The van der Waals surface area contributed by atoms with Gasteiger partial charge in [-0.05, 0) is 30.5 Å². The topological polar surface area (TPSA) is 64.7 Å². The van der Waals surface area contributed by atoms with E-state index in [2.05, 4.69) is 0 Å². The van der Waals surface area contributed by atoms with Crippen molar-refractivity contribution in [2.24, 2.45) is 11.1 Å². The molecule has 1 aliphatic heterocycles. The van der Waals surface area contributed by atoms with Gasteiger partial charge in [-0.1, -0.05) is 12.1 Å². The average Bonchev–Trinajstić information content (AvgIpc) is 2.47. The third-order valence-corrected chi connectivity index (χ3v) is 3.88. The second-order valence-electron chi connectivity index (χ2n) is 4.86. The second-order valence-corrected chi connectivity index (χ2v) is 4.86. The highest BCUT2D eigenvalue weighted by Gasteiger charge is 2.39. The number of hydrogen-bond acceptors (Lipinski definition) is 4. The molecule has 1 heterocycles. The van der Waals surface area contributed by atoms with Crippen molar-refractivity contribution in [3.63, 3.8) is 0 Å². The first-order valence-corrected chi connectivity index (χ1v) is 6.32. The lowest BCUT2D eigenvalue weighted by Gasteiger charge is -2.40. The first-order valence-electron chi connectivity index (χ1n) is 6.32. The molecular weight excluding hydrogens is 230 g/mol. The van der Waals surface area contributed by atoms with Crippen molar-refractivity contribution >= 4 is 0 Å². The normalized spacial score (nSPS) is 20.4. The quantitative estimate of drug-likeness (QED) is 0.851. The summed E-state index contributed by atoms with van der Waals surface area (Å²) in [6, 6.07) is 7.55. The second kappa shape index (κ2) is 5.69. The summed E-state index contributed by atoms with van der Waals surface area (Å²) in [6.45, 7) is 1.80. The standard InChI is InChI=1S/C14H21NO3/c1-17-12-4-2-3-11(9-12)13(16)14(10-15)5-7-18-8-6-14/h2-4,9,13,16H,5-8,10,15H2,1H3. The van der Waals surface area contributed by atoms with Crippen molar-refractivity contribution in [1.29, 1.82) is 0 Å². The Bertz CT molecular complexity index is 388. The van der Waals surface area contributed by atoms with Crippen molar-refractivity contribution in [3.05, 3.63) is 29.8 Å². The summed E-state index contributed by atoms with van der Waals surface area (Å²) in [7, 11) is 1.62. The van der Waals surface area contributed by atoms with E-state index >= 15 is 0 Å². The molecule has 1 unspecified atom stereocenters. The van der Waals surface area contributed by atoms with Gasteiger partial charge < -0.3 is 20.3 Å². The Morgan fingerprint density at radius 1 is 1.44 bits per heavy atom. The van der Waals surface area contributed by atoms with Gasteiger partial charge in [-0.15, -0.1) is 0 Å². The summed E-state index contributed by atoms with van der Waals surface area (Å²) in [5, 5.41) is 10.6. The molecule has 0 spiro atoms. The van der Waals surface area contributed by atoms with E-state index in [1.165, 1.54) is 0 Å². The van der Waals surface area contributed by atoms with Crippen molar-refractivity contribution in [1.82, 2.24) is 0 Å². The van der Waals surface area contributed by atoms with Crippen LogP contribution in [0.3, 0.4) is 0 Å². The molecule has 0 bridgehead atoms. The highest BCUT2D eigenvalue weighted by Crippen LogP contribution is 2.42. The maximum Gasteiger partial charge on any atom is 0.119 e. The summed E-state index contributed by atoms with van der Waals surface area (Å²) in [5.74, 6) is 0.755. The molecule has 2 rings (SSSR count). The smallest absolute Gasteiger partial charge is 0.119 e. The lowest BCUT2D eigenvalue weighted by atomic mass is 9.73. The maximum atomic E-state index is 10.6. The number of nitrogens with two attached hydrogens (primary N) is 1. The Morgan fingerprint density at radius 2 is 2.17 bits per heavy atom. The molecule has 0 saturated carbocycles. The molecule has 0 aliphatic carbocycles. The lowest BCUT2D eigenvalue weighted by Crippen LogP contribution is -2.41. The Morgan fingerprint density at radius 3 is 2.78 bits per heavy atom. The first kappa shape index (κ1) is 13.3. The van der Waals surface area contributed by atoms with E-state index < -0.39 is 6.10 Å². The maximum absolute atomic E-state index is 10.6. The van der Waals surface area contributed by atoms with Crippen LogP contribution < -0.4 is 10.5 Å². The van der Waals surface area contributed by atoms with Gasteiger partial charge in [-0.25, -0.2) is 0 Å². The number of ether oxygens (including phenoxy) is 2. The van der Waals surface area contributed by atoms with Gasteiger partial charge in [-0.3, -0.25) is 0 Å². The van der Waals surface area contributed by atoms with Crippen molar-refractivity contribution in [3.8, 4) is 5.75 Å². The lowest BCUT2D eigenvalue weighted by molar-refractivity contribution is -0.0582. The van der Waals surface area contributed by atoms with E-state index in [4.69, 9.17) is 15.2 Å². The number of benzene rings is 1. The number of methoxy groups -OCH3 is 1. The summed E-state index contributed by atoms with van der Waals surface area (Å²) < 4.78 is 10.6. The minimum atomic E-state index is -0.568. The molecule has 0 amide bonds. The molecule has 4 heteroatoms. The third-order valence-electron chi connectivity index (χ3n) is 3.88. The van der Waals surface area contributed by atoms with E-state index in [9.17, 15) is 5.11 Å². The number of aliphatic hydroxyl groups excluding tert-OH is 1. The predicted octanol–water partition coefficient (Wildman–Crippen LogP) is 1.48. The molecule has 18 heavy (non-hydrogen) atoms. The zero-order valence-electron chi connectivity index (χ0n) is 10.8. The Balaban J connectivity index is 2.24. The molecule has 4 nitrogen and oxygen atoms in total. The van der Waals surface area contributed by atoms with Crippen LogP contribution in [0.5, 0.6) is 5.75 Å². The number of aliphatic hydroxyl groups is 1. The highest BCUT2D eigenvalue weighted by molar-refractivity contribution is 5.31. The first-order chi connectivity index (χ1) is 8.72. The van der Waals surface area contributed by atoms with Gasteiger partial charge >= 0.3 is 0 Å². The van der Waals surface area contributed by atoms with Gasteiger partial charge in [0.15, 0.2) is 0 Å². The number of hydrogen-bond donors (Lipinski definition) is 2. The molecule has 1 aromatic carbocycles. The molecule has 1 atom stereocenters. The van der Waals surface area contributed by atoms with Crippen molar-refractivity contribution in [2.45, 2.75) is 18.9 Å². The van der Waals surface area contributed by atoms with E-state index in [0.29, 0.717) is 19.8 Å². The van der Waals surface area contributed by atoms with Gasteiger partial charge in [0.2, 0.25) is 0 Å². The molecule has 1 aliphatic rings. The summed E-state index contributed by atoms with van der Waals surface area (Å²) in [4.78, 5) is 0. The van der Waals surface area contributed by atoms with Gasteiger partial charge in [0.25, 0.3) is 0 Å². The van der Waals surface area contributed by atoms with Crippen molar-refractivity contribution < 1.29 is 14.6 Å². The fraction of sp³-hybridized carbons (Fsp3) is 0.571. The van der Waals surface area contributed by atoms with Gasteiger partial charge in [0.1, 0.15) is 5.75 Å². The van der Waals surface area contributed by atoms with Crippen LogP contribution in [0.2, 0.25) is 0 Å². The van der Waals surface area contributed by atoms with Gasteiger partial charge in [0.05, 0.1) is 13.2 Å². The highest BCUT2D eigenvalue weighted by atomic mass is 16.5. The molecule has 100 valence electrons. The average molecular weight is 251 g/mol. The Hall–Kier alpha value is -1.10. The fourth-order valence-electron chi connectivity index (χ4n) is 2.53. The summed E-state index contributed by atoms with van der Waals surface area (Å²) in [6.07, 6.45) is 1.02. The molecule has 1 saturated heterocycles. The van der Waals surface area contributed by atoms with Crippen LogP contribution in [0.4, 0.5) is 0 Å². The van der Waals surface area contributed by atoms with E-state index in [0.717, 1.165) is 24.2 Å². The van der Waals surface area contributed by atoms with Gasteiger partial charge in [0, 0.05) is 25.2 Å². The molecule has 1 fully saturated rings. The number of rotatable bonds is 4. The van der Waals surface area contributed by atoms with Crippen LogP contribution in [-0.2, 0) is 4.74 Å². The minimum absolute atomic E-state index is 0.273. The minimum Gasteiger partial charge on any atom is -0.497 e. The monoisotopic (exact) mass is 251 g/mol. The zero-order chi connectivity index (χ0) is 13.0. The van der Waals surface area contributed by atoms with Crippen LogP contribution >= 0.6 is 0 Å².